The smallest absolute Gasteiger partial charge is 0.273 e. The first-order chi connectivity index (χ1) is 7.57. The Morgan fingerprint density at radius 2 is 2.06 bits per heavy atom. The normalized spacial score (nSPS) is 11.7. The largest absolute Gasteiger partial charge is 0.433 e. The molecular weight excluding hydrogens is 219 g/mol. The summed E-state index contributed by atoms with van der Waals surface area (Å²) < 4.78 is 37.5. The molecule has 6 heteroatoms. The zero-order valence-corrected chi connectivity index (χ0v) is 8.12. The number of alkyl halides is 3. The van der Waals surface area contributed by atoms with E-state index in [-0.39, 0.29) is 12.0 Å². The summed E-state index contributed by atoms with van der Waals surface area (Å²) in [4.78, 5) is 3.85. The Balaban J connectivity index is 2.26. The molecule has 0 saturated carbocycles. The zero-order chi connectivity index (χ0) is 11.6. The van der Waals surface area contributed by atoms with E-state index in [2.05, 4.69) is 10.1 Å². The van der Waals surface area contributed by atoms with Crippen molar-refractivity contribution in [2.75, 3.05) is 0 Å². The topological polar surface area (TPSA) is 41.6 Å². The highest BCUT2D eigenvalue weighted by Crippen LogP contribution is 2.30. The molecule has 0 aliphatic heterocycles. The van der Waals surface area contributed by atoms with Crippen LogP contribution in [0.25, 0.3) is 0 Å². The Labute approximate surface area is 89.3 Å². The van der Waals surface area contributed by atoms with Crippen molar-refractivity contribution in [2.24, 2.45) is 0 Å². The van der Waals surface area contributed by atoms with Gasteiger partial charge in [0.15, 0.2) is 0 Å². The highest BCUT2D eigenvalue weighted by atomic mass is 19.4. The minimum atomic E-state index is -4.39. The standard InChI is InChI=1S/C10H8F3N3/c11-10(12,13)9-8(6-15-16-9)4-7-2-1-3-14-5-7/h1-3,5-6H,4H2,(H,15,16). The van der Waals surface area contributed by atoms with Gasteiger partial charge in [-0.25, -0.2) is 0 Å². The van der Waals surface area contributed by atoms with Crippen molar-refractivity contribution in [3.8, 4) is 0 Å². The van der Waals surface area contributed by atoms with Crippen LogP contribution in [0.1, 0.15) is 16.8 Å². The fourth-order valence-corrected chi connectivity index (χ4v) is 1.41. The molecule has 0 amide bonds. The minimum absolute atomic E-state index is 0.125. The van der Waals surface area contributed by atoms with Crippen molar-refractivity contribution in [2.45, 2.75) is 12.6 Å². The van der Waals surface area contributed by atoms with E-state index in [4.69, 9.17) is 0 Å². The maximum absolute atomic E-state index is 12.5. The Morgan fingerprint density at radius 1 is 1.25 bits per heavy atom. The summed E-state index contributed by atoms with van der Waals surface area (Å²) in [6.45, 7) is 0. The number of hydrogen-bond donors (Lipinski definition) is 1. The lowest BCUT2D eigenvalue weighted by Crippen LogP contribution is -2.09. The Morgan fingerprint density at radius 3 is 2.69 bits per heavy atom. The molecule has 84 valence electrons. The van der Waals surface area contributed by atoms with Gasteiger partial charge in [-0.3, -0.25) is 10.1 Å². The number of H-pyrrole nitrogens is 1. The molecule has 0 aliphatic carbocycles. The van der Waals surface area contributed by atoms with E-state index in [0.717, 1.165) is 5.56 Å². The van der Waals surface area contributed by atoms with Gasteiger partial charge in [-0.05, 0) is 11.6 Å². The highest BCUT2D eigenvalue weighted by Gasteiger charge is 2.35. The summed E-state index contributed by atoms with van der Waals surface area (Å²) in [5.74, 6) is 0. The molecule has 0 saturated heterocycles. The molecule has 2 heterocycles. The van der Waals surface area contributed by atoms with Crippen molar-refractivity contribution in [3.63, 3.8) is 0 Å². The number of nitrogens with one attached hydrogen (secondary N) is 1. The lowest BCUT2D eigenvalue weighted by molar-refractivity contribution is -0.141. The van der Waals surface area contributed by atoms with Gasteiger partial charge < -0.3 is 0 Å². The average molecular weight is 227 g/mol. The van der Waals surface area contributed by atoms with Crippen LogP contribution in [0, 0.1) is 0 Å². The third-order valence-electron chi connectivity index (χ3n) is 2.12. The molecule has 0 radical (unpaired) electrons. The van der Waals surface area contributed by atoms with Crippen LogP contribution in [0.4, 0.5) is 13.2 Å². The summed E-state index contributed by atoms with van der Waals surface area (Å²) in [5, 5.41) is 5.39. The molecular formula is C10H8F3N3. The molecule has 16 heavy (non-hydrogen) atoms. The van der Waals surface area contributed by atoms with Crippen LogP contribution in [0.2, 0.25) is 0 Å². The second kappa shape index (κ2) is 3.96. The van der Waals surface area contributed by atoms with Crippen LogP contribution in [0.15, 0.2) is 30.7 Å². The quantitative estimate of drug-likeness (QED) is 0.855. The van der Waals surface area contributed by atoms with Gasteiger partial charge in [-0.15, -0.1) is 0 Å². The molecule has 2 aromatic rings. The Kier molecular flexibility index (Phi) is 2.64. The van der Waals surface area contributed by atoms with E-state index in [0.29, 0.717) is 0 Å². The summed E-state index contributed by atoms with van der Waals surface area (Å²) in [6, 6.07) is 3.41. The van der Waals surface area contributed by atoms with Crippen molar-refractivity contribution in [3.05, 3.63) is 47.5 Å². The first-order valence-corrected chi connectivity index (χ1v) is 4.55. The maximum Gasteiger partial charge on any atom is 0.433 e. The number of aromatic amines is 1. The van der Waals surface area contributed by atoms with Gasteiger partial charge in [0.25, 0.3) is 0 Å². The number of pyridine rings is 1. The minimum Gasteiger partial charge on any atom is -0.273 e. The van der Waals surface area contributed by atoms with Crippen LogP contribution < -0.4 is 0 Å². The molecule has 0 aromatic carbocycles. The molecule has 0 aliphatic rings. The molecule has 0 unspecified atom stereocenters. The Bertz CT molecular complexity index is 462. The predicted octanol–water partition coefficient (Wildman–Crippen LogP) is 2.41. The van der Waals surface area contributed by atoms with E-state index >= 15 is 0 Å². The van der Waals surface area contributed by atoms with Crippen LogP contribution in [-0.2, 0) is 12.6 Å². The number of aromatic nitrogens is 3. The zero-order valence-electron chi connectivity index (χ0n) is 8.12. The monoisotopic (exact) mass is 227 g/mol. The number of hydrogen-bond acceptors (Lipinski definition) is 2. The molecule has 2 aromatic heterocycles. The first kappa shape index (κ1) is 10.7. The maximum atomic E-state index is 12.5. The summed E-state index contributed by atoms with van der Waals surface area (Å²) in [7, 11) is 0. The molecule has 0 bridgehead atoms. The fraction of sp³-hybridized carbons (Fsp3) is 0.200. The average Bonchev–Trinajstić information content (AvgIpc) is 2.67. The van der Waals surface area contributed by atoms with Crippen LogP contribution >= 0.6 is 0 Å². The summed E-state index contributed by atoms with van der Waals surface area (Å²) in [6.07, 6.45) is 0.0692. The van der Waals surface area contributed by atoms with E-state index in [9.17, 15) is 13.2 Å². The molecule has 3 nitrogen and oxygen atoms in total. The van der Waals surface area contributed by atoms with Crippen molar-refractivity contribution in [1.82, 2.24) is 15.2 Å². The second-order valence-corrected chi connectivity index (χ2v) is 3.31. The van der Waals surface area contributed by atoms with Gasteiger partial charge in [0, 0.05) is 24.4 Å². The summed E-state index contributed by atoms with van der Waals surface area (Å²) >= 11 is 0. The molecule has 0 atom stereocenters. The molecule has 0 fully saturated rings. The predicted molar refractivity (Wildman–Crippen MR) is 50.6 cm³/mol. The van der Waals surface area contributed by atoms with E-state index in [1.54, 1.807) is 18.3 Å². The fourth-order valence-electron chi connectivity index (χ4n) is 1.41. The van der Waals surface area contributed by atoms with Gasteiger partial charge in [0.1, 0.15) is 5.69 Å². The second-order valence-electron chi connectivity index (χ2n) is 3.31. The van der Waals surface area contributed by atoms with Gasteiger partial charge in [0.05, 0.1) is 6.20 Å². The van der Waals surface area contributed by atoms with Crippen molar-refractivity contribution >= 4 is 0 Å². The van der Waals surface area contributed by atoms with Gasteiger partial charge in [-0.2, -0.15) is 18.3 Å². The number of rotatable bonds is 2. The SMILES string of the molecule is FC(F)(F)c1[nH]ncc1Cc1cccnc1. The number of halogens is 3. The third-order valence-corrected chi connectivity index (χ3v) is 2.12. The third kappa shape index (κ3) is 2.21. The van der Waals surface area contributed by atoms with Gasteiger partial charge in [0.2, 0.25) is 0 Å². The van der Waals surface area contributed by atoms with Crippen LogP contribution in [0.5, 0.6) is 0 Å². The summed E-state index contributed by atoms with van der Waals surface area (Å²) in [5.41, 5.74) is 0.0475. The van der Waals surface area contributed by atoms with E-state index < -0.39 is 11.9 Å². The molecule has 1 N–H and O–H groups in total. The first-order valence-electron chi connectivity index (χ1n) is 4.55. The number of nitrogens with zero attached hydrogens (tertiary/aromatic N) is 2. The van der Waals surface area contributed by atoms with Crippen molar-refractivity contribution < 1.29 is 13.2 Å². The highest BCUT2D eigenvalue weighted by molar-refractivity contribution is 5.26. The van der Waals surface area contributed by atoms with E-state index in [1.165, 1.54) is 12.4 Å². The van der Waals surface area contributed by atoms with Crippen molar-refractivity contribution in [1.29, 1.82) is 0 Å². The van der Waals surface area contributed by atoms with Gasteiger partial charge >= 0.3 is 6.18 Å². The lowest BCUT2D eigenvalue weighted by Gasteiger charge is -2.06. The van der Waals surface area contributed by atoms with Crippen LogP contribution in [0.3, 0.4) is 0 Å². The van der Waals surface area contributed by atoms with Gasteiger partial charge in [-0.1, -0.05) is 6.07 Å². The van der Waals surface area contributed by atoms with Crippen LogP contribution in [-0.4, -0.2) is 15.2 Å². The molecule has 0 spiro atoms. The van der Waals surface area contributed by atoms with E-state index in [1.807, 2.05) is 5.10 Å². The lowest BCUT2D eigenvalue weighted by atomic mass is 10.1. The Hall–Kier alpha value is -1.85. The molecule has 2 rings (SSSR count).